The van der Waals surface area contributed by atoms with Gasteiger partial charge >= 0.3 is 6.18 Å². The molecule has 13 heavy (non-hydrogen) atoms. The van der Waals surface area contributed by atoms with Gasteiger partial charge in [0, 0.05) is 0 Å². The molecule has 0 heterocycles. The van der Waals surface area contributed by atoms with E-state index in [1.807, 2.05) is 0 Å². The van der Waals surface area contributed by atoms with Crippen molar-refractivity contribution in [3.05, 3.63) is 33.8 Å². The number of rotatable bonds is 0. The van der Waals surface area contributed by atoms with Crippen molar-refractivity contribution >= 4 is 11.6 Å². The minimum absolute atomic E-state index is 0.240. The zero-order valence-corrected chi connectivity index (χ0v) is 7.92. The second-order valence-electron chi connectivity index (χ2n) is 2.91. The molecule has 0 fully saturated rings. The van der Waals surface area contributed by atoms with Crippen LogP contribution in [0, 0.1) is 13.8 Å². The summed E-state index contributed by atoms with van der Waals surface area (Å²) in [5.74, 6) is 0. The highest BCUT2D eigenvalue weighted by Gasteiger charge is 2.33. The maximum Gasteiger partial charge on any atom is 0.417 e. The van der Waals surface area contributed by atoms with E-state index in [2.05, 4.69) is 0 Å². The molecule has 0 saturated heterocycles. The van der Waals surface area contributed by atoms with Crippen LogP contribution in [0.5, 0.6) is 0 Å². The van der Waals surface area contributed by atoms with Crippen molar-refractivity contribution in [2.45, 2.75) is 20.0 Å². The third-order valence-electron chi connectivity index (χ3n) is 1.89. The first-order valence-corrected chi connectivity index (χ1v) is 4.04. The summed E-state index contributed by atoms with van der Waals surface area (Å²) in [5.41, 5.74) is 0.590. The van der Waals surface area contributed by atoms with Crippen LogP contribution in [0.25, 0.3) is 0 Å². The van der Waals surface area contributed by atoms with Gasteiger partial charge in [-0.25, -0.2) is 0 Å². The molecule has 0 aliphatic rings. The minimum Gasteiger partial charge on any atom is -0.166 e. The van der Waals surface area contributed by atoms with Gasteiger partial charge in [-0.2, -0.15) is 13.2 Å². The monoisotopic (exact) mass is 208 g/mol. The van der Waals surface area contributed by atoms with Crippen LogP contribution in [-0.2, 0) is 6.18 Å². The van der Waals surface area contributed by atoms with E-state index in [4.69, 9.17) is 11.6 Å². The maximum atomic E-state index is 12.3. The molecule has 0 N–H and O–H groups in total. The van der Waals surface area contributed by atoms with E-state index < -0.39 is 11.7 Å². The smallest absolute Gasteiger partial charge is 0.166 e. The first-order chi connectivity index (χ1) is 5.82. The molecule has 4 heteroatoms. The Balaban J connectivity index is 3.32. The maximum absolute atomic E-state index is 12.3. The quantitative estimate of drug-likeness (QED) is 0.605. The average molecular weight is 209 g/mol. The Hall–Kier alpha value is -0.700. The lowest BCUT2D eigenvalue weighted by molar-refractivity contribution is -0.137. The largest absolute Gasteiger partial charge is 0.417 e. The van der Waals surface area contributed by atoms with E-state index in [1.54, 1.807) is 13.8 Å². The molecule has 72 valence electrons. The van der Waals surface area contributed by atoms with Gasteiger partial charge in [0.2, 0.25) is 0 Å². The normalized spacial score (nSPS) is 11.8. The molecule has 0 aliphatic carbocycles. The molecule has 0 radical (unpaired) electrons. The Morgan fingerprint density at radius 1 is 1.08 bits per heavy atom. The summed E-state index contributed by atoms with van der Waals surface area (Å²) < 4.78 is 36.8. The van der Waals surface area contributed by atoms with E-state index in [1.165, 1.54) is 6.07 Å². The summed E-state index contributed by atoms with van der Waals surface area (Å²) in [4.78, 5) is 0. The fourth-order valence-electron chi connectivity index (χ4n) is 0.998. The van der Waals surface area contributed by atoms with Gasteiger partial charge in [-0.3, -0.25) is 0 Å². The molecule has 0 atom stereocenters. The number of halogens is 4. The standard InChI is InChI=1S/C9H8ClF3/c1-5-3-7(9(11,12)13)8(10)4-6(5)2/h3-4H,1-2H3. The van der Waals surface area contributed by atoms with E-state index >= 15 is 0 Å². The molecule has 0 aromatic heterocycles. The third-order valence-corrected chi connectivity index (χ3v) is 2.20. The fraction of sp³-hybridized carbons (Fsp3) is 0.333. The lowest BCUT2D eigenvalue weighted by atomic mass is 10.1. The Labute approximate surface area is 79.3 Å². The van der Waals surface area contributed by atoms with Gasteiger partial charge in [0.05, 0.1) is 10.6 Å². The predicted octanol–water partition coefficient (Wildman–Crippen LogP) is 3.98. The van der Waals surface area contributed by atoms with Crippen molar-refractivity contribution in [3.63, 3.8) is 0 Å². The molecular formula is C9H8ClF3. The van der Waals surface area contributed by atoms with Crippen LogP contribution < -0.4 is 0 Å². The van der Waals surface area contributed by atoms with E-state index in [9.17, 15) is 13.2 Å². The van der Waals surface area contributed by atoms with Crippen LogP contribution in [0.2, 0.25) is 5.02 Å². The third kappa shape index (κ3) is 2.15. The highest BCUT2D eigenvalue weighted by atomic mass is 35.5. The SMILES string of the molecule is Cc1cc(Cl)c(C(F)(F)F)cc1C. The van der Waals surface area contributed by atoms with Crippen molar-refractivity contribution in [2.75, 3.05) is 0 Å². The Morgan fingerprint density at radius 2 is 1.54 bits per heavy atom. The van der Waals surface area contributed by atoms with Gasteiger partial charge in [0.25, 0.3) is 0 Å². The Bertz CT molecular complexity index is 328. The van der Waals surface area contributed by atoms with Gasteiger partial charge in [-0.05, 0) is 37.1 Å². The number of alkyl halides is 3. The van der Waals surface area contributed by atoms with Crippen molar-refractivity contribution in [1.82, 2.24) is 0 Å². The lowest BCUT2D eigenvalue weighted by Crippen LogP contribution is -2.06. The van der Waals surface area contributed by atoms with Crippen molar-refractivity contribution < 1.29 is 13.2 Å². The van der Waals surface area contributed by atoms with Gasteiger partial charge in [-0.15, -0.1) is 0 Å². The second kappa shape index (κ2) is 3.22. The zero-order valence-electron chi connectivity index (χ0n) is 7.17. The second-order valence-corrected chi connectivity index (χ2v) is 3.32. The summed E-state index contributed by atoms with van der Waals surface area (Å²) in [6.45, 7) is 3.35. The Kier molecular flexibility index (Phi) is 2.57. The minimum atomic E-state index is -4.37. The van der Waals surface area contributed by atoms with Crippen molar-refractivity contribution in [3.8, 4) is 0 Å². The van der Waals surface area contributed by atoms with Crippen LogP contribution in [0.15, 0.2) is 12.1 Å². The summed E-state index contributed by atoms with van der Waals surface area (Å²) in [5, 5.41) is -0.240. The van der Waals surface area contributed by atoms with E-state index in [0.29, 0.717) is 5.56 Å². The van der Waals surface area contributed by atoms with Crippen LogP contribution in [-0.4, -0.2) is 0 Å². The molecule has 0 bridgehead atoms. The molecule has 0 spiro atoms. The number of aryl methyl sites for hydroxylation is 2. The summed E-state index contributed by atoms with van der Waals surface area (Å²) >= 11 is 5.47. The molecule has 1 aromatic carbocycles. The number of hydrogen-bond donors (Lipinski definition) is 0. The first-order valence-electron chi connectivity index (χ1n) is 3.66. The molecule has 0 nitrogen and oxygen atoms in total. The van der Waals surface area contributed by atoms with Crippen LogP contribution >= 0.6 is 11.6 Å². The first kappa shape index (κ1) is 10.4. The van der Waals surface area contributed by atoms with Gasteiger partial charge in [0.15, 0.2) is 0 Å². The number of hydrogen-bond acceptors (Lipinski definition) is 0. The summed E-state index contributed by atoms with van der Waals surface area (Å²) in [6.07, 6.45) is -4.37. The van der Waals surface area contributed by atoms with E-state index in [0.717, 1.165) is 11.6 Å². The molecule has 0 saturated carbocycles. The summed E-state index contributed by atoms with van der Waals surface area (Å²) in [7, 11) is 0. The highest BCUT2D eigenvalue weighted by molar-refractivity contribution is 6.31. The predicted molar refractivity (Wildman–Crippen MR) is 45.9 cm³/mol. The van der Waals surface area contributed by atoms with Crippen LogP contribution in [0.1, 0.15) is 16.7 Å². The fourth-order valence-corrected chi connectivity index (χ4v) is 1.32. The van der Waals surface area contributed by atoms with E-state index in [-0.39, 0.29) is 5.02 Å². The van der Waals surface area contributed by atoms with Crippen molar-refractivity contribution in [1.29, 1.82) is 0 Å². The molecular weight excluding hydrogens is 201 g/mol. The molecule has 0 unspecified atom stereocenters. The van der Waals surface area contributed by atoms with Gasteiger partial charge in [-0.1, -0.05) is 11.6 Å². The van der Waals surface area contributed by atoms with Gasteiger partial charge < -0.3 is 0 Å². The van der Waals surface area contributed by atoms with Crippen molar-refractivity contribution in [2.24, 2.45) is 0 Å². The van der Waals surface area contributed by atoms with Crippen LogP contribution in [0.3, 0.4) is 0 Å². The molecule has 0 amide bonds. The van der Waals surface area contributed by atoms with Crippen LogP contribution in [0.4, 0.5) is 13.2 Å². The Morgan fingerprint density at radius 3 is 2.00 bits per heavy atom. The van der Waals surface area contributed by atoms with Gasteiger partial charge in [0.1, 0.15) is 0 Å². The average Bonchev–Trinajstić information content (AvgIpc) is 1.94. The highest BCUT2D eigenvalue weighted by Crippen LogP contribution is 2.35. The molecule has 1 rings (SSSR count). The molecule has 0 aliphatic heterocycles. The zero-order chi connectivity index (χ0) is 10.2. The summed E-state index contributed by atoms with van der Waals surface area (Å²) in [6, 6.07) is 2.40. The number of benzene rings is 1. The topological polar surface area (TPSA) is 0 Å². The lowest BCUT2D eigenvalue weighted by Gasteiger charge is -2.11. The molecule has 1 aromatic rings.